The van der Waals surface area contributed by atoms with E-state index in [1.807, 2.05) is 6.55 Å². The molecule has 0 aliphatic rings. The molecule has 0 spiro atoms. The fourth-order valence-electron chi connectivity index (χ4n) is 1.06. The Morgan fingerprint density at radius 3 is 1.11 bits per heavy atom. The minimum absolute atomic E-state index is 0. The van der Waals surface area contributed by atoms with Gasteiger partial charge in [-0.1, -0.05) is 0 Å². The first-order chi connectivity index (χ1) is 8.18. The smallest absolute Gasteiger partial charge is 0.382 e. The second-order valence-electron chi connectivity index (χ2n) is 3.39. The van der Waals surface area contributed by atoms with Crippen LogP contribution in [0, 0.1) is 0 Å². The molecule has 112 valence electrons. The summed E-state index contributed by atoms with van der Waals surface area (Å²) in [6.45, 7) is 4.78. The van der Waals surface area contributed by atoms with Crippen molar-refractivity contribution >= 4 is 21.2 Å². The lowest BCUT2D eigenvalue weighted by atomic mass is 10.8. The summed E-state index contributed by atoms with van der Waals surface area (Å²) < 4.78 is 31.6. The summed E-state index contributed by atoms with van der Waals surface area (Å²) in [6.07, 6.45) is 0. The summed E-state index contributed by atoms with van der Waals surface area (Å²) in [4.78, 5) is 0. The van der Waals surface area contributed by atoms with Gasteiger partial charge in [-0.3, -0.25) is 0 Å². The van der Waals surface area contributed by atoms with Gasteiger partial charge in [-0.15, -0.1) is 12.4 Å². The van der Waals surface area contributed by atoms with E-state index in [9.17, 15) is 0 Å². The van der Waals surface area contributed by atoms with Crippen molar-refractivity contribution in [1.29, 1.82) is 0 Å². The van der Waals surface area contributed by atoms with Crippen LogP contribution in [0.3, 0.4) is 0 Å². The zero-order valence-corrected chi connectivity index (χ0v) is 13.4. The molecule has 0 saturated carbocycles. The van der Waals surface area contributed by atoms with Crippen molar-refractivity contribution in [2.24, 2.45) is 0 Å². The molecule has 0 aliphatic heterocycles. The standard InChI is InChI=1S/C10H24O6Si.ClH/c1-11-5-8-14-17(4,15-9-6-12-2)16-10-7-13-3;/h5-10H2,1-4H3;1H. The van der Waals surface area contributed by atoms with E-state index in [0.717, 1.165) is 0 Å². The van der Waals surface area contributed by atoms with Gasteiger partial charge < -0.3 is 27.5 Å². The van der Waals surface area contributed by atoms with Gasteiger partial charge in [0.25, 0.3) is 0 Å². The third kappa shape index (κ3) is 11.4. The van der Waals surface area contributed by atoms with E-state index < -0.39 is 8.80 Å². The first-order valence-corrected chi connectivity index (χ1v) is 7.79. The number of ether oxygens (including phenoxy) is 3. The lowest BCUT2D eigenvalue weighted by Gasteiger charge is -2.25. The fraction of sp³-hybridized carbons (Fsp3) is 1.00. The van der Waals surface area contributed by atoms with Crippen molar-refractivity contribution in [3.8, 4) is 0 Å². The van der Waals surface area contributed by atoms with Gasteiger partial charge in [-0.25, -0.2) is 0 Å². The van der Waals surface area contributed by atoms with E-state index in [-0.39, 0.29) is 12.4 Å². The average molecular weight is 305 g/mol. The maximum absolute atomic E-state index is 5.62. The van der Waals surface area contributed by atoms with Gasteiger partial charge in [0.1, 0.15) is 0 Å². The Bertz CT molecular complexity index is 148. The predicted molar refractivity (Wildman–Crippen MR) is 72.4 cm³/mol. The second kappa shape index (κ2) is 13.7. The maximum Gasteiger partial charge on any atom is 0.497 e. The van der Waals surface area contributed by atoms with Crippen LogP contribution in [0.2, 0.25) is 6.55 Å². The van der Waals surface area contributed by atoms with E-state index in [0.29, 0.717) is 39.6 Å². The van der Waals surface area contributed by atoms with Crippen molar-refractivity contribution in [3.05, 3.63) is 0 Å². The van der Waals surface area contributed by atoms with Gasteiger partial charge >= 0.3 is 8.80 Å². The SMILES string of the molecule is COCCO[Si](C)(OCCOC)OCCOC.Cl. The lowest BCUT2D eigenvalue weighted by Crippen LogP contribution is -2.44. The molecule has 0 aromatic carbocycles. The number of hydrogen-bond acceptors (Lipinski definition) is 6. The molecule has 0 fully saturated rings. The molecule has 0 N–H and O–H groups in total. The normalized spacial score (nSPS) is 11.3. The van der Waals surface area contributed by atoms with Crippen LogP contribution < -0.4 is 0 Å². The highest BCUT2D eigenvalue weighted by Crippen LogP contribution is 2.09. The van der Waals surface area contributed by atoms with Crippen molar-refractivity contribution in [2.45, 2.75) is 6.55 Å². The third-order valence-electron chi connectivity index (χ3n) is 1.96. The molecule has 0 rings (SSSR count). The Morgan fingerprint density at radius 2 is 0.889 bits per heavy atom. The van der Waals surface area contributed by atoms with Crippen molar-refractivity contribution < 1.29 is 27.5 Å². The molecule has 0 aromatic heterocycles. The number of halogens is 1. The Morgan fingerprint density at radius 1 is 0.611 bits per heavy atom. The first-order valence-electron chi connectivity index (χ1n) is 5.57. The van der Waals surface area contributed by atoms with Crippen LogP contribution >= 0.6 is 12.4 Å². The maximum atomic E-state index is 5.62. The van der Waals surface area contributed by atoms with E-state index in [1.54, 1.807) is 21.3 Å². The summed E-state index contributed by atoms with van der Waals surface area (Å²) >= 11 is 0. The van der Waals surface area contributed by atoms with Crippen LogP contribution in [0.5, 0.6) is 0 Å². The van der Waals surface area contributed by atoms with E-state index in [4.69, 9.17) is 27.5 Å². The summed E-state index contributed by atoms with van der Waals surface area (Å²) in [5.74, 6) is 0. The van der Waals surface area contributed by atoms with Crippen LogP contribution in [0.1, 0.15) is 0 Å². The van der Waals surface area contributed by atoms with Crippen LogP contribution in [-0.2, 0) is 27.5 Å². The third-order valence-corrected chi connectivity index (χ3v) is 4.14. The van der Waals surface area contributed by atoms with Crippen LogP contribution in [0.4, 0.5) is 0 Å². The summed E-state index contributed by atoms with van der Waals surface area (Å²) in [6, 6.07) is 0. The minimum atomic E-state index is -2.60. The Kier molecular flexibility index (Phi) is 15.7. The van der Waals surface area contributed by atoms with Crippen molar-refractivity contribution in [1.82, 2.24) is 0 Å². The van der Waals surface area contributed by atoms with Crippen molar-refractivity contribution in [2.75, 3.05) is 61.0 Å². The van der Waals surface area contributed by atoms with E-state index in [2.05, 4.69) is 0 Å². The van der Waals surface area contributed by atoms with Gasteiger partial charge in [-0.2, -0.15) is 0 Å². The Labute approximate surface area is 117 Å². The molecule has 0 unspecified atom stereocenters. The quantitative estimate of drug-likeness (QED) is 0.395. The molecule has 0 heterocycles. The Hall–Kier alpha value is 0.267. The molecule has 0 radical (unpaired) electrons. The number of rotatable bonds is 12. The molecule has 0 aromatic rings. The monoisotopic (exact) mass is 304 g/mol. The number of hydrogen-bond donors (Lipinski definition) is 0. The van der Waals surface area contributed by atoms with E-state index in [1.165, 1.54) is 0 Å². The minimum Gasteiger partial charge on any atom is -0.382 e. The van der Waals surface area contributed by atoms with Crippen LogP contribution in [-0.4, -0.2) is 69.8 Å². The van der Waals surface area contributed by atoms with Crippen LogP contribution in [0.25, 0.3) is 0 Å². The van der Waals surface area contributed by atoms with Crippen LogP contribution in [0.15, 0.2) is 0 Å². The molecule has 18 heavy (non-hydrogen) atoms. The largest absolute Gasteiger partial charge is 0.497 e. The van der Waals surface area contributed by atoms with Gasteiger partial charge in [0.05, 0.1) is 39.6 Å². The number of methoxy groups -OCH3 is 3. The second-order valence-corrected chi connectivity index (χ2v) is 5.98. The van der Waals surface area contributed by atoms with E-state index >= 15 is 0 Å². The fourth-order valence-corrected chi connectivity index (χ4v) is 2.67. The zero-order valence-electron chi connectivity index (χ0n) is 11.6. The lowest BCUT2D eigenvalue weighted by molar-refractivity contribution is 0.0191. The molecule has 0 aliphatic carbocycles. The molecule has 6 nitrogen and oxygen atoms in total. The average Bonchev–Trinajstić information content (AvgIpc) is 2.30. The Balaban J connectivity index is 0. The first kappa shape index (κ1) is 20.6. The highest BCUT2D eigenvalue weighted by Gasteiger charge is 2.34. The molecule has 0 atom stereocenters. The summed E-state index contributed by atoms with van der Waals surface area (Å²) in [7, 11) is 2.27. The molecule has 0 saturated heterocycles. The molecule has 8 heteroatoms. The molecule has 0 amide bonds. The van der Waals surface area contributed by atoms with Gasteiger partial charge in [0.2, 0.25) is 0 Å². The predicted octanol–water partition coefficient (Wildman–Crippen LogP) is 0.966. The zero-order chi connectivity index (χ0) is 13.0. The summed E-state index contributed by atoms with van der Waals surface area (Å²) in [5.41, 5.74) is 0. The van der Waals surface area contributed by atoms with Gasteiger partial charge in [0.15, 0.2) is 0 Å². The topological polar surface area (TPSA) is 55.4 Å². The van der Waals surface area contributed by atoms with Gasteiger partial charge in [-0.05, 0) is 0 Å². The van der Waals surface area contributed by atoms with Crippen molar-refractivity contribution in [3.63, 3.8) is 0 Å². The highest BCUT2D eigenvalue weighted by molar-refractivity contribution is 6.59. The molecular weight excluding hydrogens is 280 g/mol. The highest BCUT2D eigenvalue weighted by atomic mass is 35.5. The molecule has 0 bridgehead atoms. The van der Waals surface area contributed by atoms with Gasteiger partial charge in [0, 0.05) is 27.9 Å². The summed E-state index contributed by atoms with van der Waals surface area (Å²) in [5, 5.41) is 0. The molecular formula is C10H25ClO6Si.